The van der Waals surface area contributed by atoms with Crippen molar-refractivity contribution >= 4 is 17.3 Å². The van der Waals surface area contributed by atoms with Crippen molar-refractivity contribution in [3.05, 3.63) is 38.9 Å². The molecular formula is C9H11ClN2O2. The molecule has 0 aliphatic heterocycles. The molecule has 0 saturated carbocycles. The molecule has 1 aromatic carbocycles. The minimum Gasteiger partial charge on any atom is -0.313 e. The lowest BCUT2D eigenvalue weighted by molar-refractivity contribution is -0.384. The van der Waals surface area contributed by atoms with E-state index in [2.05, 4.69) is 5.32 Å². The van der Waals surface area contributed by atoms with Gasteiger partial charge in [-0.15, -0.1) is 0 Å². The molecule has 4 nitrogen and oxygen atoms in total. The molecular weight excluding hydrogens is 204 g/mol. The maximum Gasteiger partial charge on any atom is 0.269 e. The van der Waals surface area contributed by atoms with E-state index in [9.17, 15) is 10.1 Å². The van der Waals surface area contributed by atoms with Gasteiger partial charge in [-0.05, 0) is 25.6 Å². The number of nitro benzene ring substituents is 1. The van der Waals surface area contributed by atoms with Gasteiger partial charge in [0.05, 0.1) is 4.92 Å². The van der Waals surface area contributed by atoms with Crippen LogP contribution >= 0.6 is 11.6 Å². The third-order valence-corrected chi connectivity index (χ3v) is 2.43. The van der Waals surface area contributed by atoms with Crippen LogP contribution in [0.4, 0.5) is 5.69 Å². The number of nitrogens with zero attached hydrogens (tertiary/aromatic N) is 1. The molecule has 0 unspecified atom stereocenters. The monoisotopic (exact) mass is 214 g/mol. The molecule has 0 spiro atoms. The Labute approximate surface area is 87.0 Å². The number of non-ortho nitro benzene ring substituents is 1. The average molecular weight is 215 g/mol. The standard InChI is InChI=1S/C9H11ClN2O2/c1-6(11-2)8-5-7(12(13)14)3-4-9(8)10/h3-6,11H,1-2H3/t6-/m1/s1. The molecule has 0 amide bonds. The van der Waals surface area contributed by atoms with Gasteiger partial charge in [-0.1, -0.05) is 11.6 Å². The molecule has 0 saturated heterocycles. The van der Waals surface area contributed by atoms with Crippen molar-refractivity contribution < 1.29 is 4.92 Å². The largest absolute Gasteiger partial charge is 0.313 e. The molecule has 0 aromatic heterocycles. The van der Waals surface area contributed by atoms with Crippen molar-refractivity contribution in [3.63, 3.8) is 0 Å². The minimum absolute atomic E-state index is 0.00222. The van der Waals surface area contributed by atoms with Gasteiger partial charge in [-0.2, -0.15) is 0 Å². The maximum absolute atomic E-state index is 10.5. The van der Waals surface area contributed by atoms with Gasteiger partial charge in [-0.3, -0.25) is 10.1 Å². The first-order valence-corrected chi connectivity index (χ1v) is 4.55. The molecule has 0 heterocycles. The summed E-state index contributed by atoms with van der Waals surface area (Å²) in [7, 11) is 1.78. The number of hydrogen-bond donors (Lipinski definition) is 1. The van der Waals surface area contributed by atoms with Gasteiger partial charge in [-0.25, -0.2) is 0 Å². The van der Waals surface area contributed by atoms with Gasteiger partial charge < -0.3 is 5.32 Å². The van der Waals surface area contributed by atoms with Crippen LogP contribution in [0.5, 0.6) is 0 Å². The summed E-state index contributed by atoms with van der Waals surface area (Å²) in [6.07, 6.45) is 0. The number of nitro groups is 1. The summed E-state index contributed by atoms with van der Waals surface area (Å²) >= 11 is 5.91. The van der Waals surface area contributed by atoms with Crippen LogP contribution < -0.4 is 5.32 Å². The van der Waals surface area contributed by atoms with Crippen LogP contribution in [-0.4, -0.2) is 12.0 Å². The molecule has 1 atom stereocenters. The number of hydrogen-bond acceptors (Lipinski definition) is 3. The highest BCUT2D eigenvalue weighted by Crippen LogP contribution is 2.26. The van der Waals surface area contributed by atoms with E-state index in [1.807, 2.05) is 6.92 Å². The Bertz CT molecular complexity index is 355. The maximum atomic E-state index is 10.5. The molecule has 0 bridgehead atoms. The molecule has 0 fully saturated rings. The predicted molar refractivity (Wildman–Crippen MR) is 55.6 cm³/mol. The lowest BCUT2D eigenvalue weighted by atomic mass is 10.1. The molecule has 5 heteroatoms. The van der Waals surface area contributed by atoms with Gasteiger partial charge in [0, 0.05) is 23.2 Å². The van der Waals surface area contributed by atoms with Crippen LogP contribution in [0.1, 0.15) is 18.5 Å². The summed E-state index contributed by atoms with van der Waals surface area (Å²) in [5.41, 5.74) is 0.801. The zero-order valence-corrected chi connectivity index (χ0v) is 8.71. The molecule has 1 N–H and O–H groups in total. The Morgan fingerprint density at radius 3 is 2.71 bits per heavy atom. The predicted octanol–water partition coefficient (Wildman–Crippen LogP) is 2.53. The molecule has 0 aliphatic carbocycles. The third kappa shape index (κ3) is 2.21. The highest BCUT2D eigenvalue weighted by molar-refractivity contribution is 6.31. The Hall–Kier alpha value is -1.13. The fraction of sp³-hybridized carbons (Fsp3) is 0.333. The van der Waals surface area contributed by atoms with Crippen molar-refractivity contribution in [1.29, 1.82) is 0 Å². The summed E-state index contributed by atoms with van der Waals surface area (Å²) in [6.45, 7) is 1.89. The molecule has 14 heavy (non-hydrogen) atoms. The SMILES string of the molecule is CN[C@H](C)c1cc([N+](=O)[O-])ccc1Cl. The Kier molecular flexibility index (Phi) is 3.43. The van der Waals surface area contributed by atoms with Crippen molar-refractivity contribution in [2.45, 2.75) is 13.0 Å². The Morgan fingerprint density at radius 2 is 2.21 bits per heavy atom. The van der Waals surface area contributed by atoms with Gasteiger partial charge in [0.1, 0.15) is 0 Å². The fourth-order valence-corrected chi connectivity index (χ4v) is 1.41. The zero-order chi connectivity index (χ0) is 10.7. The Morgan fingerprint density at radius 1 is 1.57 bits per heavy atom. The Balaban J connectivity index is 3.14. The van der Waals surface area contributed by atoms with Crippen molar-refractivity contribution in [3.8, 4) is 0 Å². The van der Waals surface area contributed by atoms with Crippen molar-refractivity contribution in [2.75, 3.05) is 7.05 Å². The van der Waals surface area contributed by atoms with Gasteiger partial charge in [0.25, 0.3) is 5.69 Å². The average Bonchev–Trinajstić information content (AvgIpc) is 2.17. The van der Waals surface area contributed by atoms with E-state index >= 15 is 0 Å². The van der Waals surface area contributed by atoms with Crippen molar-refractivity contribution in [1.82, 2.24) is 5.32 Å². The van der Waals surface area contributed by atoms with Crippen LogP contribution in [0.25, 0.3) is 0 Å². The fourth-order valence-electron chi connectivity index (χ4n) is 1.13. The number of nitrogens with one attached hydrogen (secondary N) is 1. The van der Waals surface area contributed by atoms with Crippen molar-refractivity contribution in [2.24, 2.45) is 0 Å². The van der Waals surface area contributed by atoms with E-state index in [1.165, 1.54) is 12.1 Å². The second-order valence-electron chi connectivity index (χ2n) is 2.97. The topological polar surface area (TPSA) is 55.2 Å². The normalized spacial score (nSPS) is 12.5. The summed E-state index contributed by atoms with van der Waals surface area (Å²) in [5, 5.41) is 14.0. The van der Waals surface area contributed by atoms with Crippen LogP contribution in [0.2, 0.25) is 5.02 Å². The molecule has 0 aliphatic rings. The molecule has 1 rings (SSSR count). The zero-order valence-electron chi connectivity index (χ0n) is 7.95. The lowest BCUT2D eigenvalue weighted by Crippen LogP contribution is -2.12. The molecule has 0 radical (unpaired) electrons. The second-order valence-corrected chi connectivity index (χ2v) is 3.38. The van der Waals surface area contributed by atoms with E-state index < -0.39 is 4.92 Å². The summed E-state index contributed by atoms with van der Waals surface area (Å²) in [5.74, 6) is 0. The van der Waals surface area contributed by atoms with Crippen LogP contribution in [-0.2, 0) is 0 Å². The summed E-state index contributed by atoms with van der Waals surface area (Å²) in [6, 6.07) is 4.43. The third-order valence-electron chi connectivity index (χ3n) is 2.09. The highest BCUT2D eigenvalue weighted by Gasteiger charge is 2.13. The van der Waals surface area contributed by atoms with E-state index in [0.717, 1.165) is 5.56 Å². The second kappa shape index (κ2) is 4.39. The lowest BCUT2D eigenvalue weighted by Gasteiger charge is -2.11. The van der Waals surface area contributed by atoms with Gasteiger partial charge in [0.15, 0.2) is 0 Å². The first-order valence-electron chi connectivity index (χ1n) is 4.17. The highest BCUT2D eigenvalue weighted by atomic mass is 35.5. The van der Waals surface area contributed by atoms with E-state index in [0.29, 0.717) is 5.02 Å². The van der Waals surface area contributed by atoms with Gasteiger partial charge >= 0.3 is 0 Å². The smallest absolute Gasteiger partial charge is 0.269 e. The first-order chi connectivity index (χ1) is 6.56. The van der Waals surface area contributed by atoms with E-state index in [-0.39, 0.29) is 11.7 Å². The van der Waals surface area contributed by atoms with E-state index in [1.54, 1.807) is 13.1 Å². The first kappa shape index (κ1) is 10.9. The van der Waals surface area contributed by atoms with E-state index in [4.69, 9.17) is 11.6 Å². The summed E-state index contributed by atoms with van der Waals surface area (Å²) < 4.78 is 0. The molecule has 1 aromatic rings. The van der Waals surface area contributed by atoms with Crippen LogP contribution in [0.15, 0.2) is 18.2 Å². The van der Waals surface area contributed by atoms with Gasteiger partial charge in [0.2, 0.25) is 0 Å². The summed E-state index contributed by atoms with van der Waals surface area (Å²) in [4.78, 5) is 10.1. The number of rotatable bonds is 3. The van der Waals surface area contributed by atoms with Crippen LogP contribution in [0, 0.1) is 10.1 Å². The number of halogens is 1. The van der Waals surface area contributed by atoms with Crippen LogP contribution in [0.3, 0.4) is 0 Å². The quantitative estimate of drug-likeness (QED) is 0.622. The number of benzene rings is 1. The minimum atomic E-state index is -0.428. The molecule has 76 valence electrons.